The highest BCUT2D eigenvalue weighted by atomic mass is 32.2. The van der Waals surface area contributed by atoms with Crippen LogP contribution in [0, 0.1) is 5.92 Å². The second-order valence-corrected chi connectivity index (χ2v) is 13.1. The maximum Gasteiger partial charge on any atom is 0.407 e. The summed E-state index contributed by atoms with van der Waals surface area (Å²) in [7, 11) is -4.01. The summed E-state index contributed by atoms with van der Waals surface area (Å²) in [5.41, 5.74) is 0.892. The van der Waals surface area contributed by atoms with Gasteiger partial charge in [-0.05, 0) is 62.1 Å². The minimum Gasteiger partial charge on any atom is -0.490 e. The molecule has 2 aliphatic rings. The maximum absolute atomic E-state index is 13.9. The van der Waals surface area contributed by atoms with Crippen LogP contribution in [0.15, 0.2) is 84.8 Å². The summed E-state index contributed by atoms with van der Waals surface area (Å²) in [5.74, 6) is 0.810. The number of nitrogens with one attached hydrogen (secondary N) is 1. The van der Waals surface area contributed by atoms with Gasteiger partial charge in [0, 0.05) is 32.2 Å². The Bertz CT molecular complexity index is 1290. The number of carbonyl (C=O) groups is 1. The van der Waals surface area contributed by atoms with Gasteiger partial charge in [0.05, 0.1) is 23.1 Å². The number of unbranched alkanes of at least 4 members (excludes halogenated alkanes) is 2. The number of allylic oxidation sites excluding steroid dienone is 1. The van der Waals surface area contributed by atoms with Crippen LogP contribution in [0.4, 0.5) is 4.79 Å². The van der Waals surface area contributed by atoms with Crippen molar-refractivity contribution in [1.29, 1.82) is 0 Å². The fourth-order valence-electron chi connectivity index (χ4n) is 5.75. The minimum atomic E-state index is -4.01. The van der Waals surface area contributed by atoms with E-state index in [-0.39, 0.29) is 36.8 Å². The molecule has 0 spiro atoms. The van der Waals surface area contributed by atoms with Crippen LogP contribution in [0.25, 0.3) is 0 Å². The summed E-state index contributed by atoms with van der Waals surface area (Å²) in [4.78, 5) is 13.1. The number of alkyl carbamates (subject to hydrolysis) is 1. The maximum atomic E-state index is 13.9. The van der Waals surface area contributed by atoms with Crippen LogP contribution >= 0.6 is 0 Å². The molecule has 10 heteroatoms. The monoisotopic (exact) mass is 612 g/mol. The molecule has 5 atom stereocenters. The molecule has 2 fully saturated rings. The Morgan fingerprint density at radius 1 is 1.12 bits per heavy atom. The normalized spacial score (nSPS) is 21.1. The first kappa shape index (κ1) is 32.7. The van der Waals surface area contributed by atoms with Crippen molar-refractivity contribution in [2.24, 2.45) is 5.92 Å². The molecule has 0 bridgehead atoms. The van der Waals surface area contributed by atoms with E-state index < -0.39 is 28.3 Å². The molecule has 1 amide bonds. The number of fused-ring (bicyclic) bond motifs is 1. The van der Waals surface area contributed by atoms with Gasteiger partial charge >= 0.3 is 6.09 Å². The van der Waals surface area contributed by atoms with E-state index in [9.17, 15) is 18.3 Å². The number of amides is 1. The number of carbonyl (C=O) groups excluding carboxylic acids is 1. The summed E-state index contributed by atoms with van der Waals surface area (Å²) in [6.07, 6.45) is 6.19. The number of benzene rings is 2. The molecule has 0 radical (unpaired) electrons. The Morgan fingerprint density at radius 2 is 1.93 bits per heavy atom. The standard InChI is InChI=1S/C33H44N2O7S/c1-3-5-6-10-17-35(43(38,39)29-15-11-14-27(22-29)40-18-4-2)24-31(36)30(20-25-12-8-7-9-13-25)34-33(37)42-28-21-26-16-19-41-32(26)23-28/h3-4,7-9,11-15,22,26,28,30-32,36H,1-2,5-6,10,16-21,23-24H2,(H,34,37)/t26?,28-,30+,31-,32-/m1/s1. The topological polar surface area (TPSA) is 114 Å². The second kappa shape index (κ2) is 16.0. The molecule has 2 aromatic carbocycles. The quantitative estimate of drug-likeness (QED) is 0.194. The number of ether oxygens (including phenoxy) is 3. The van der Waals surface area contributed by atoms with Crippen LogP contribution in [0.1, 0.15) is 44.1 Å². The van der Waals surface area contributed by atoms with Gasteiger partial charge in [0.15, 0.2) is 0 Å². The summed E-state index contributed by atoms with van der Waals surface area (Å²) in [6.45, 7) is 8.35. The average molecular weight is 613 g/mol. The van der Waals surface area contributed by atoms with Crippen LogP contribution in [0.3, 0.4) is 0 Å². The molecule has 0 aromatic heterocycles. The molecule has 1 unspecified atom stereocenters. The zero-order chi connectivity index (χ0) is 30.7. The molecule has 1 saturated carbocycles. The van der Waals surface area contributed by atoms with Crippen LogP contribution < -0.4 is 10.1 Å². The molecule has 1 saturated heterocycles. The van der Waals surface area contributed by atoms with Crippen molar-refractivity contribution in [3.63, 3.8) is 0 Å². The first-order chi connectivity index (χ1) is 20.8. The first-order valence-electron chi connectivity index (χ1n) is 15.1. The third-order valence-electron chi connectivity index (χ3n) is 8.01. The van der Waals surface area contributed by atoms with E-state index in [2.05, 4.69) is 18.5 Å². The zero-order valence-corrected chi connectivity index (χ0v) is 25.5. The number of rotatable bonds is 17. The molecule has 2 aromatic rings. The molecule has 1 aliphatic carbocycles. The molecule has 4 rings (SSSR count). The third kappa shape index (κ3) is 9.40. The van der Waals surface area contributed by atoms with E-state index in [1.54, 1.807) is 24.3 Å². The fraction of sp³-hybridized carbons (Fsp3) is 0.485. The van der Waals surface area contributed by atoms with Crippen molar-refractivity contribution in [2.75, 3.05) is 26.3 Å². The van der Waals surface area contributed by atoms with Gasteiger partial charge in [0.2, 0.25) is 10.0 Å². The van der Waals surface area contributed by atoms with E-state index in [0.717, 1.165) is 37.9 Å². The zero-order valence-electron chi connectivity index (χ0n) is 24.7. The highest BCUT2D eigenvalue weighted by molar-refractivity contribution is 7.89. The van der Waals surface area contributed by atoms with E-state index in [1.165, 1.54) is 16.4 Å². The Balaban J connectivity index is 1.50. The van der Waals surface area contributed by atoms with Gasteiger partial charge in [0.25, 0.3) is 0 Å². The molecular weight excluding hydrogens is 568 g/mol. The van der Waals surface area contributed by atoms with Crippen molar-refractivity contribution in [3.8, 4) is 5.75 Å². The van der Waals surface area contributed by atoms with Crippen LogP contribution in [0.5, 0.6) is 5.75 Å². The molecule has 43 heavy (non-hydrogen) atoms. The summed E-state index contributed by atoms with van der Waals surface area (Å²) in [6, 6.07) is 15.0. The van der Waals surface area contributed by atoms with Crippen molar-refractivity contribution >= 4 is 16.1 Å². The van der Waals surface area contributed by atoms with Crippen LogP contribution in [-0.4, -0.2) is 74.6 Å². The van der Waals surface area contributed by atoms with E-state index in [1.807, 2.05) is 30.3 Å². The largest absolute Gasteiger partial charge is 0.490 e. The number of hydrogen-bond donors (Lipinski definition) is 2. The Labute approximate surface area is 255 Å². The Kier molecular flexibility index (Phi) is 12.2. The van der Waals surface area contributed by atoms with Gasteiger partial charge < -0.3 is 24.6 Å². The number of aliphatic hydroxyl groups is 1. The Hall–Kier alpha value is -3.18. The number of nitrogens with zero attached hydrogens (tertiary/aromatic N) is 1. The average Bonchev–Trinajstić information content (AvgIpc) is 3.60. The van der Waals surface area contributed by atoms with Crippen molar-refractivity contribution in [1.82, 2.24) is 9.62 Å². The molecule has 1 heterocycles. The summed E-state index contributed by atoms with van der Waals surface area (Å²) >= 11 is 0. The lowest BCUT2D eigenvalue weighted by Crippen LogP contribution is -2.51. The van der Waals surface area contributed by atoms with Crippen LogP contribution in [0.2, 0.25) is 0 Å². The van der Waals surface area contributed by atoms with Gasteiger partial charge in [-0.15, -0.1) is 6.58 Å². The Morgan fingerprint density at radius 3 is 2.67 bits per heavy atom. The number of sulfonamides is 1. The van der Waals surface area contributed by atoms with Gasteiger partial charge in [-0.2, -0.15) is 4.31 Å². The number of aliphatic hydroxyl groups excluding tert-OH is 1. The highest BCUT2D eigenvalue weighted by Gasteiger charge is 2.40. The molecule has 234 valence electrons. The van der Waals surface area contributed by atoms with Gasteiger partial charge in [0.1, 0.15) is 18.5 Å². The molecule has 9 nitrogen and oxygen atoms in total. The second-order valence-electron chi connectivity index (χ2n) is 11.2. The van der Waals surface area contributed by atoms with Gasteiger partial charge in [-0.1, -0.05) is 55.1 Å². The van der Waals surface area contributed by atoms with E-state index in [0.29, 0.717) is 30.9 Å². The van der Waals surface area contributed by atoms with E-state index in [4.69, 9.17) is 14.2 Å². The van der Waals surface area contributed by atoms with Gasteiger partial charge in [-0.3, -0.25) is 0 Å². The highest BCUT2D eigenvalue weighted by Crippen LogP contribution is 2.37. The summed E-state index contributed by atoms with van der Waals surface area (Å²) < 4.78 is 46.1. The van der Waals surface area contributed by atoms with Gasteiger partial charge in [-0.25, -0.2) is 13.2 Å². The first-order valence-corrected chi connectivity index (χ1v) is 16.5. The van der Waals surface area contributed by atoms with Crippen molar-refractivity contribution < 1.29 is 32.5 Å². The lowest BCUT2D eigenvalue weighted by atomic mass is 10.0. The minimum absolute atomic E-state index is 0.0611. The predicted molar refractivity (Wildman–Crippen MR) is 165 cm³/mol. The predicted octanol–water partition coefficient (Wildman–Crippen LogP) is 4.86. The van der Waals surface area contributed by atoms with Crippen LogP contribution in [-0.2, 0) is 25.9 Å². The molecule has 1 aliphatic heterocycles. The summed E-state index contributed by atoms with van der Waals surface area (Å²) in [5, 5.41) is 14.4. The third-order valence-corrected chi connectivity index (χ3v) is 9.88. The number of hydrogen-bond acceptors (Lipinski definition) is 7. The fourth-order valence-corrected chi connectivity index (χ4v) is 7.28. The van der Waals surface area contributed by atoms with Crippen molar-refractivity contribution in [2.45, 2.75) is 74.2 Å². The van der Waals surface area contributed by atoms with E-state index >= 15 is 0 Å². The lowest BCUT2D eigenvalue weighted by Gasteiger charge is -2.30. The smallest absolute Gasteiger partial charge is 0.407 e. The molecule has 2 N–H and O–H groups in total. The molecular formula is C33H44N2O7S. The lowest BCUT2D eigenvalue weighted by molar-refractivity contribution is 0.0557. The SMILES string of the molecule is C=CCCCCN(C[C@@H](O)[C@H](Cc1ccccc1)NC(=O)O[C@@H]1CC2CCO[C@@H]2C1)S(=O)(=O)c1cccc(OCC=C)c1. The van der Waals surface area contributed by atoms with Crippen molar-refractivity contribution in [3.05, 3.63) is 85.5 Å².